The van der Waals surface area contributed by atoms with Gasteiger partial charge in [0.2, 0.25) is 0 Å². The van der Waals surface area contributed by atoms with Gasteiger partial charge in [-0.3, -0.25) is 0 Å². The van der Waals surface area contributed by atoms with Crippen LogP contribution in [0.1, 0.15) is 20.8 Å². The van der Waals surface area contributed by atoms with Gasteiger partial charge in [-0.05, 0) is 0 Å². The molecule has 0 rings (SSSR count). The van der Waals surface area contributed by atoms with Crippen LogP contribution in [0.3, 0.4) is 0 Å². The molecule has 0 bridgehead atoms. The second kappa shape index (κ2) is 3.44. The van der Waals surface area contributed by atoms with Crippen LogP contribution in [0, 0.1) is 5.41 Å². The van der Waals surface area contributed by atoms with Crippen LogP contribution in [0.15, 0.2) is 0 Å². The largest absolute Gasteiger partial charge is 0.316 e. The summed E-state index contributed by atoms with van der Waals surface area (Å²) in [6.45, 7) is 5.62. The molecule has 0 aliphatic rings. The molecular weight excluding hydrogens is 100 g/mol. The van der Waals surface area contributed by atoms with Gasteiger partial charge >= 0.3 is 23.1 Å². The second-order valence-corrected chi connectivity index (χ2v) is 2.48. The monoisotopic (exact) mass is 112 g/mol. The summed E-state index contributed by atoms with van der Waals surface area (Å²) >= 11 is 0. The van der Waals surface area contributed by atoms with E-state index in [1.807, 2.05) is 20.8 Å². The van der Waals surface area contributed by atoms with Crippen LogP contribution < -0.4 is 0 Å². The number of hydrogen-bond donors (Lipinski definition) is 0. The van der Waals surface area contributed by atoms with Gasteiger partial charge < -0.3 is 4.79 Å². The molecule has 40 valence electrons. The summed E-state index contributed by atoms with van der Waals surface area (Å²) in [6.07, 6.45) is 0.938. The van der Waals surface area contributed by atoms with E-state index in [9.17, 15) is 4.79 Å². The van der Waals surface area contributed by atoms with Crippen molar-refractivity contribution in [3.63, 3.8) is 0 Å². The molecule has 0 aliphatic carbocycles. The quantitative estimate of drug-likeness (QED) is 0.326. The lowest BCUT2D eigenvalue weighted by Crippen LogP contribution is -2.04. The minimum atomic E-state index is -0.139. The number of rotatable bonds is 0. The van der Waals surface area contributed by atoms with Crippen molar-refractivity contribution in [3.05, 3.63) is 0 Å². The molecule has 0 saturated heterocycles. The summed E-state index contributed by atoms with van der Waals surface area (Å²) in [4.78, 5) is 9.83. The Balaban J connectivity index is 0. The average Bonchev–Trinajstić information content (AvgIpc) is 1.35. The molecule has 0 radical (unpaired) electrons. The first kappa shape index (κ1) is 10.4. The van der Waals surface area contributed by atoms with Crippen molar-refractivity contribution in [2.75, 3.05) is 0 Å². The second-order valence-electron chi connectivity index (χ2n) is 2.48. The topological polar surface area (TPSA) is 17.1 Å². The number of carbonyl (C=O) groups excluding carboxylic acids is 1. The molecule has 0 saturated carbocycles. The average molecular weight is 112 g/mol. The van der Waals surface area contributed by atoms with Crippen molar-refractivity contribution in [2.24, 2.45) is 5.41 Å². The zero-order chi connectivity index (χ0) is 5.21. The fraction of sp³-hybridized carbons (Fsp3) is 0.800. The highest BCUT2D eigenvalue weighted by molar-refractivity contribution is 5.75. The van der Waals surface area contributed by atoms with Gasteiger partial charge in [0.1, 0.15) is 6.29 Å². The van der Waals surface area contributed by atoms with Crippen LogP contribution in [0.5, 0.6) is 0 Å². The van der Waals surface area contributed by atoms with E-state index in [1.165, 1.54) is 0 Å². The molecule has 0 aromatic rings. The molecule has 0 spiro atoms. The van der Waals surface area contributed by atoms with Gasteiger partial charge in [-0.2, -0.15) is 0 Å². The third-order valence-electron chi connectivity index (χ3n) is 0.354. The first-order valence-electron chi connectivity index (χ1n) is 2.02. The Morgan fingerprint density at radius 2 is 1.43 bits per heavy atom. The molecule has 0 fully saturated rings. The lowest BCUT2D eigenvalue weighted by atomic mass is 10.0. The summed E-state index contributed by atoms with van der Waals surface area (Å²) < 4.78 is 0. The maximum Gasteiger partial charge on any atom is 0.316 e. The van der Waals surface area contributed by atoms with Gasteiger partial charge in [0.25, 0.3) is 0 Å². The summed E-state index contributed by atoms with van der Waals surface area (Å²) in [5.41, 5.74) is -0.139. The van der Waals surface area contributed by atoms with Gasteiger partial charge in [0, 0.05) is 5.41 Å². The van der Waals surface area contributed by atoms with Crippen molar-refractivity contribution in [2.45, 2.75) is 20.8 Å². The Morgan fingerprint density at radius 1 is 1.29 bits per heavy atom. The van der Waals surface area contributed by atoms with Gasteiger partial charge in [0.15, 0.2) is 0 Å². The van der Waals surface area contributed by atoms with Crippen molar-refractivity contribution >= 4 is 29.3 Å². The SMILES string of the molecule is CC(C)(C)C=O.[MgH2]. The van der Waals surface area contributed by atoms with Crippen LogP contribution in [0.4, 0.5) is 0 Å². The molecule has 7 heavy (non-hydrogen) atoms. The Kier molecular flexibility index (Phi) is 5.12. The minimum Gasteiger partial charge on any atom is -0.303 e. The van der Waals surface area contributed by atoms with Crippen LogP contribution in [0.2, 0.25) is 0 Å². The molecule has 2 heteroatoms. The van der Waals surface area contributed by atoms with Crippen molar-refractivity contribution in [3.8, 4) is 0 Å². The van der Waals surface area contributed by atoms with Gasteiger partial charge in [-0.1, -0.05) is 20.8 Å². The highest BCUT2D eigenvalue weighted by Crippen LogP contribution is 2.05. The summed E-state index contributed by atoms with van der Waals surface area (Å²) in [5, 5.41) is 0. The van der Waals surface area contributed by atoms with Crippen molar-refractivity contribution < 1.29 is 4.79 Å². The van der Waals surface area contributed by atoms with E-state index >= 15 is 0 Å². The fourth-order valence-electron chi connectivity index (χ4n) is 0. The first-order chi connectivity index (χ1) is 2.56. The molecular formula is C5H12MgO. The van der Waals surface area contributed by atoms with Gasteiger partial charge in [-0.25, -0.2) is 0 Å². The lowest BCUT2D eigenvalue weighted by Gasteiger charge is -2.03. The van der Waals surface area contributed by atoms with Gasteiger partial charge in [-0.15, -0.1) is 0 Å². The lowest BCUT2D eigenvalue weighted by molar-refractivity contribution is -0.113. The molecule has 1 nitrogen and oxygen atoms in total. The predicted octanol–water partition coefficient (Wildman–Crippen LogP) is 0.315. The molecule has 0 heterocycles. The maximum atomic E-state index is 9.83. The van der Waals surface area contributed by atoms with E-state index in [2.05, 4.69) is 0 Å². The summed E-state index contributed by atoms with van der Waals surface area (Å²) in [5.74, 6) is 0. The first-order valence-corrected chi connectivity index (χ1v) is 2.02. The van der Waals surface area contributed by atoms with Crippen LogP contribution in [-0.2, 0) is 4.79 Å². The van der Waals surface area contributed by atoms with E-state index in [0.717, 1.165) is 6.29 Å². The highest BCUT2D eigenvalue weighted by Gasteiger charge is 2.04. The summed E-state index contributed by atoms with van der Waals surface area (Å²) in [6, 6.07) is 0. The minimum absolute atomic E-state index is 0. The highest BCUT2D eigenvalue weighted by atomic mass is 24.3. The van der Waals surface area contributed by atoms with E-state index in [4.69, 9.17) is 0 Å². The molecule has 0 unspecified atom stereocenters. The van der Waals surface area contributed by atoms with Gasteiger partial charge in [0.05, 0.1) is 0 Å². The molecule has 0 atom stereocenters. The normalized spacial score (nSPS) is 9.57. The van der Waals surface area contributed by atoms with E-state index in [1.54, 1.807) is 0 Å². The Labute approximate surface area is 60.6 Å². The van der Waals surface area contributed by atoms with E-state index < -0.39 is 0 Å². The Bertz CT molecular complexity index is 53.6. The number of aldehydes is 1. The Morgan fingerprint density at radius 3 is 1.43 bits per heavy atom. The standard InChI is InChI=1S/C5H10O.Mg.2H/c1-5(2,3)4-6;;;/h4H,1-3H3;;;. The summed E-state index contributed by atoms with van der Waals surface area (Å²) in [7, 11) is 0. The number of hydrogen-bond acceptors (Lipinski definition) is 1. The van der Waals surface area contributed by atoms with Crippen LogP contribution in [-0.4, -0.2) is 29.3 Å². The Hall–Kier alpha value is 0.436. The zero-order valence-electron chi connectivity index (χ0n) is 4.49. The third-order valence-corrected chi connectivity index (χ3v) is 0.354. The maximum absolute atomic E-state index is 9.83. The molecule has 0 aliphatic heterocycles. The van der Waals surface area contributed by atoms with Crippen molar-refractivity contribution in [1.82, 2.24) is 0 Å². The zero-order valence-corrected chi connectivity index (χ0v) is 4.49. The van der Waals surface area contributed by atoms with E-state index in [-0.39, 0.29) is 28.5 Å². The molecule has 0 aromatic carbocycles. The predicted molar refractivity (Wildman–Crippen MR) is 34.1 cm³/mol. The third kappa shape index (κ3) is 10.7. The van der Waals surface area contributed by atoms with E-state index in [0.29, 0.717) is 0 Å². The molecule has 0 aromatic heterocycles. The van der Waals surface area contributed by atoms with Crippen LogP contribution >= 0.6 is 0 Å². The molecule has 0 amide bonds. The smallest absolute Gasteiger partial charge is 0.303 e. The fourth-order valence-corrected chi connectivity index (χ4v) is 0. The van der Waals surface area contributed by atoms with Crippen molar-refractivity contribution in [1.29, 1.82) is 0 Å². The molecule has 0 N–H and O–H groups in total. The van der Waals surface area contributed by atoms with Crippen LogP contribution in [0.25, 0.3) is 0 Å². The number of carbonyl (C=O) groups is 1.